The molecule has 9 nitrogen and oxygen atoms in total. The highest BCUT2D eigenvalue weighted by atomic mass is 16.2. The number of anilines is 2. The van der Waals surface area contributed by atoms with Gasteiger partial charge in [-0.25, -0.2) is 9.78 Å². The number of pyridine rings is 1. The van der Waals surface area contributed by atoms with Crippen molar-refractivity contribution in [2.24, 2.45) is 14.1 Å². The van der Waals surface area contributed by atoms with E-state index in [2.05, 4.69) is 30.8 Å². The standard InChI is InChI=1S/C16H19N7O2/c1-20-13-12(14(24)21(2)16(20)25)18-15(19-13)23-9-7-22(8-10-23)11-5-3-4-6-17-11/h3-6H,7-10H2,1-2H3,(H,18,19)/p+1. The first kappa shape index (κ1) is 15.4. The predicted octanol–water partition coefficient (Wildman–Crippen LogP) is -0.899. The average molecular weight is 342 g/mol. The van der Waals surface area contributed by atoms with Gasteiger partial charge in [0.05, 0.1) is 19.3 Å². The van der Waals surface area contributed by atoms with Gasteiger partial charge in [-0.2, -0.15) is 4.98 Å². The molecule has 0 unspecified atom stereocenters. The van der Waals surface area contributed by atoms with Crippen LogP contribution in [0, 0.1) is 0 Å². The molecule has 0 saturated carbocycles. The number of aromatic amines is 2. The van der Waals surface area contributed by atoms with Crippen molar-refractivity contribution >= 4 is 22.9 Å². The highest BCUT2D eigenvalue weighted by Gasteiger charge is 2.25. The third-order valence-electron chi connectivity index (χ3n) is 4.69. The van der Waals surface area contributed by atoms with Gasteiger partial charge >= 0.3 is 5.69 Å². The Bertz CT molecular complexity index is 1030. The highest BCUT2D eigenvalue weighted by Crippen LogP contribution is 2.17. The third kappa shape index (κ3) is 2.48. The molecule has 0 spiro atoms. The fourth-order valence-electron chi connectivity index (χ4n) is 3.20. The van der Waals surface area contributed by atoms with Crippen LogP contribution in [-0.2, 0) is 14.1 Å². The molecule has 0 amide bonds. The van der Waals surface area contributed by atoms with Gasteiger partial charge < -0.3 is 9.88 Å². The number of nitrogens with zero attached hydrogens (tertiary/aromatic N) is 5. The van der Waals surface area contributed by atoms with Crippen LogP contribution in [0.15, 0.2) is 34.0 Å². The molecule has 4 rings (SSSR count). The first-order valence-corrected chi connectivity index (χ1v) is 8.18. The van der Waals surface area contributed by atoms with Crippen molar-refractivity contribution in [2.45, 2.75) is 0 Å². The molecule has 0 atom stereocenters. The summed E-state index contributed by atoms with van der Waals surface area (Å²) >= 11 is 0. The van der Waals surface area contributed by atoms with Crippen LogP contribution in [0.2, 0.25) is 0 Å². The summed E-state index contributed by atoms with van der Waals surface area (Å²) in [6.45, 7) is 3.23. The van der Waals surface area contributed by atoms with Crippen LogP contribution in [0.1, 0.15) is 0 Å². The number of piperazine rings is 1. The van der Waals surface area contributed by atoms with E-state index in [1.165, 1.54) is 11.6 Å². The van der Waals surface area contributed by atoms with E-state index >= 15 is 0 Å². The first-order valence-electron chi connectivity index (χ1n) is 8.18. The number of rotatable bonds is 2. The average Bonchev–Trinajstić information content (AvgIpc) is 3.11. The molecule has 25 heavy (non-hydrogen) atoms. The normalized spacial score (nSPS) is 15.1. The lowest BCUT2D eigenvalue weighted by Gasteiger charge is -2.30. The van der Waals surface area contributed by atoms with Crippen molar-refractivity contribution in [1.29, 1.82) is 0 Å². The minimum Gasteiger partial charge on any atom is -0.334 e. The van der Waals surface area contributed by atoms with Crippen molar-refractivity contribution in [3.05, 3.63) is 45.2 Å². The minimum absolute atomic E-state index is 0.352. The molecular weight excluding hydrogens is 322 g/mol. The number of aromatic nitrogens is 5. The summed E-state index contributed by atoms with van der Waals surface area (Å²) in [5, 5.41) is 0. The van der Waals surface area contributed by atoms with Crippen molar-refractivity contribution in [1.82, 2.24) is 19.1 Å². The van der Waals surface area contributed by atoms with Gasteiger partial charge in [-0.15, -0.1) is 0 Å². The second kappa shape index (κ2) is 5.76. The van der Waals surface area contributed by atoms with E-state index in [-0.39, 0.29) is 11.2 Å². The lowest BCUT2D eigenvalue weighted by Crippen LogP contribution is -2.48. The number of H-pyrrole nitrogens is 2. The van der Waals surface area contributed by atoms with E-state index in [9.17, 15) is 9.59 Å². The molecule has 3 aromatic heterocycles. The molecule has 130 valence electrons. The molecule has 1 saturated heterocycles. The second-order valence-corrected chi connectivity index (χ2v) is 6.19. The second-order valence-electron chi connectivity index (χ2n) is 6.19. The number of hydrogen-bond donors (Lipinski definition) is 1. The Balaban J connectivity index is 1.62. The van der Waals surface area contributed by atoms with Gasteiger partial charge in [-0.05, 0) is 6.07 Å². The maximum Gasteiger partial charge on any atom is 0.332 e. The number of imidazole rings is 1. The summed E-state index contributed by atoms with van der Waals surface area (Å²) in [5.41, 5.74) is 0.0229. The molecule has 9 heteroatoms. The van der Waals surface area contributed by atoms with Gasteiger partial charge in [-0.1, -0.05) is 6.07 Å². The maximum absolute atomic E-state index is 12.3. The van der Waals surface area contributed by atoms with E-state index in [1.54, 1.807) is 7.05 Å². The molecule has 0 bridgehead atoms. The van der Waals surface area contributed by atoms with Crippen LogP contribution in [0.4, 0.5) is 11.8 Å². The summed E-state index contributed by atoms with van der Waals surface area (Å²) in [5.74, 6) is 1.72. The fourth-order valence-corrected chi connectivity index (χ4v) is 3.20. The molecule has 2 N–H and O–H groups in total. The molecule has 0 radical (unpaired) electrons. The Labute approximate surface area is 143 Å². The summed E-state index contributed by atoms with van der Waals surface area (Å²) in [6, 6.07) is 6.02. The minimum atomic E-state index is -0.375. The predicted molar refractivity (Wildman–Crippen MR) is 94.0 cm³/mol. The van der Waals surface area contributed by atoms with Gasteiger partial charge in [0.2, 0.25) is 5.95 Å². The maximum atomic E-state index is 12.3. The van der Waals surface area contributed by atoms with Crippen molar-refractivity contribution in [2.75, 3.05) is 36.0 Å². The zero-order chi connectivity index (χ0) is 17.6. The topological polar surface area (TPSA) is 93.3 Å². The molecule has 4 heterocycles. The van der Waals surface area contributed by atoms with Gasteiger partial charge in [0.1, 0.15) is 13.1 Å². The van der Waals surface area contributed by atoms with Gasteiger partial charge in [0, 0.05) is 20.2 Å². The third-order valence-corrected chi connectivity index (χ3v) is 4.69. The van der Waals surface area contributed by atoms with Crippen LogP contribution in [0.5, 0.6) is 0 Å². The van der Waals surface area contributed by atoms with E-state index in [1.807, 2.05) is 18.3 Å². The molecule has 1 aliphatic rings. The van der Waals surface area contributed by atoms with E-state index in [4.69, 9.17) is 0 Å². The molecule has 0 aromatic carbocycles. The van der Waals surface area contributed by atoms with Crippen LogP contribution >= 0.6 is 0 Å². The van der Waals surface area contributed by atoms with E-state index in [0.717, 1.165) is 36.6 Å². The highest BCUT2D eigenvalue weighted by molar-refractivity contribution is 5.73. The number of nitrogens with one attached hydrogen (secondary N) is 2. The molecule has 3 aromatic rings. The molecule has 1 aliphatic heterocycles. The lowest BCUT2D eigenvalue weighted by molar-refractivity contribution is -0.364. The number of hydrogen-bond acceptors (Lipinski definition) is 5. The monoisotopic (exact) mass is 342 g/mol. The van der Waals surface area contributed by atoms with E-state index < -0.39 is 0 Å². The van der Waals surface area contributed by atoms with Crippen molar-refractivity contribution < 1.29 is 4.98 Å². The molecule has 1 fully saturated rings. The quantitative estimate of drug-likeness (QED) is 0.652. The Kier molecular flexibility index (Phi) is 3.56. The zero-order valence-electron chi connectivity index (χ0n) is 14.2. The summed E-state index contributed by atoms with van der Waals surface area (Å²) in [7, 11) is 3.09. The van der Waals surface area contributed by atoms with Crippen LogP contribution in [0.3, 0.4) is 0 Å². The molecular formula is C16H20N7O2+. The molecule has 0 aliphatic carbocycles. The Morgan fingerprint density at radius 3 is 2.44 bits per heavy atom. The van der Waals surface area contributed by atoms with Crippen molar-refractivity contribution in [3.63, 3.8) is 0 Å². The van der Waals surface area contributed by atoms with Crippen LogP contribution in [-0.4, -0.2) is 45.3 Å². The smallest absolute Gasteiger partial charge is 0.332 e. The summed E-state index contributed by atoms with van der Waals surface area (Å²) in [6.07, 6.45) is 1.91. The Hall–Kier alpha value is -3.10. The summed E-state index contributed by atoms with van der Waals surface area (Å²) in [4.78, 5) is 39.5. The number of aryl methyl sites for hydroxylation is 1. The van der Waals surface area contributed by atoms with Gasteiger partial charge in [-0.3, -0.25) is 18.8 Å². The Morgan fingerprint density at radius 2 is 1.76 bits per heavy atom. The SMILES string of the molecule is Cn1c(=O)c2[nH]c(N3CCN(c4cccc[nH+]4)CC3)nc2n(C)c1=O. The largest absolute Gasteiger partial charge is 0.334 e. The zero-order valence-corrected chi connectivity index (χ0v) is 14.2. The van der Waals surface area contributed by atoms with Crippen LogP contribution in [0.25, 0.3) is 11.2 Å². The van der Waals surface area contributed by atoms with Crippen LogP contribution < -0.4 is 26.0 Å². The summed E-state index contributed by atoms with van der Waals surface area (Å²) < 4.78 is 2.49. The Morgan fingerprint density at radius 1 is 1.04 bits per heavy atom. The lowest BCUT2D eigenvalue weighted by atomic mass is 10.3. The first-order chi connectivity index (χ1) is 12.1. The van der Waals surface area contributed by atoms with Crippen molar-refractivity contribution in [3.8, 4) is 0 Å². The fraction of sp³-hybridized carbons (Fsp3) is 0.375. The number of fused-ring (bicyclic) bond motifs is 1. The van der Waals surface area contributed by atoms with Gasteiger partial charge in [0.25, 0.3) is 11.4 Å². The van der Waals surface area contributed by atoms with E-state index in [0.29, 0.717) is 17.1 Å². The van der Waals surface area contributed by atoms with Gasteiger partial charge in [0.15, 0.2) is 11.2 Å².